The van der Waals surface area contributed by atoms with Crippen LogP contribution < -0.4 is 0 Å². The van der Waals surface area contributed by atoms with Gasteiger partial charge in [0.05, 0.1) is 18.1 Å². The Kier molecular flexibility index (Phi) is 26.0. The molecule has 0 bridgehead atoms. The Bertz CT molecular complexity index is 895. The molecule has 0 nitrogen and oxygen atoms in total. The van der Waals surface area contributed by atoms with Crippen LogP contribution in [0.2, 0.25) is 0 Å². The van der Waals surface area contributed by atoms with Gasteiger partial charge >= 0.3 is 0 Å². The highest BCUT2D eigenvalue weighted by atomic mass is 33.1. The summed E-state index contributed by atoms with van der Waals surface area (Å²) in [4.78, 5) is 2.59. The Labute approximate surface area is 299 Å². The summed E-state index contributed by atoms with van der Waals surface area (Å²) in [6.07, 6.45) is 35.8. The summed E-state index contributed by atoms with van der Waals surface area (Å²) < 4.78 is 2.00. The van der Waals surface area contributed by atoms with Crippen molar-refractivity contribution in [3.8, 4) is 0 Å². The molecule has 2 aromatic heterocycles. The molecule has 2 heterocycles. The van der Waals surface area contributed by atoms with Gasteiger partial charge in [0.15, 0.2) is 0 Å². The molecule has 0 atom stereocenters. The second kappa shape index (κ2) is 28.3. The summed E-state index contributed by atoms with van der Waals surface area (Å²) in [5.74, 6) is 0. The van der Waals surface area contributed by atoms with Gasteiger partial charge in [-0.15, -0.1) is 22.7 Å². The topological polar surface area (TPSA) is 0 Å². The molecule has 0 aromatic carbocycles. The molecule has 0 saturated heterocycles. The lowest BCUT2D eigenvalue weighted by Crippen LogP contribution is -1.96. The average molecular weight is 711 g/mol. The van der Waals surface area contributed by atoms with Crippen molar-refractivity contribution in [2.45, 2.75) is 181 Å². The van der Waals surface area contributed by atoms with Gasteiger partial charge in [-0.1, -0.05) is 180 Å². The summed E-state index contributed by atoms with van der Waals surface area (Å²) in [7, 11) is 3.39. The van der Waals surface area contributed by atoms with Crippen molar-refractivity contribution in [1.82, 2.24) is 0 Å². The third kappa shape index (κ3) is 19.2. The molecular weight excluding hydrogens is 649 g/mol. The number of rotatable bonds is 28. The van der Waals surface area contributed by atoms with Crippen LogP contribution in [0.3, 0.4) is 0 Å². The molecule has 44 heavy (non-hydrogen) atoms. The fourth-order valence-electron chi connectivity index (χ4n) is 5.89. The first-order chi connectivity index (χ1) is 21.7. The molecule has 0 radical (unpaired) electrons. The highest BCUT2D eigenvalue weighted by Gasteiger charge is 2.15. The molecule has 0 saturated carbocycles. The molecule has 0 amide bonds. The molecule has 0 unspecified atom stereocenters. The standard InChI is InChI=1S/C38H62S6/c1-3-5-7-9-11-13-15-17-19-21-23-25-27-33-29-31-41-35(33)37(39)43-44-38(40)36-34(30-32-42-36)28-26-24-22-20-18-16-14-12-10-8-6-4-2/h29-32H,3-28H2,1-2H3. The fraction of sp³-hybridized carbons (Fsp3) is 0.737. The number of aryl methyl sites for hydroxylation is 2. The fourth-order valence-corrected chi connectivity index (χ4v) is 11.0. The van der Waals surface area contributed by atoms with Crippen LogP contribution in [0, 0.1) is 0 Å². The van der Waals surface area contributed by atoms with E-state index < -0.39 is 0 Å². The van der Waals surface area contributed by atoms with Crippen LogP contribution in [0.5, 0.6) is 0 Å². The number of thiocarbonyl (C=S) groups is 2. The number of unbranched alkanes of at least 4 members (excludes halogenated alkanes) is 22. The van der Waals surface area contributed by atoms with E-state index in [0.29, 0.717) is 0 Å². The predicted molar refractivity (Wildman–Crippen MR) is 217 cm³/mol. The van der Waals surface area contributed by atoms with Crippen LogP contribution in [-0.4, -0.2) is 8.39 Å². The van der Waals surface area contributed by atoms with Gasteiger partial charge in [-0.3, -0.25) is 0 Å². The van der Waals surface area contributed by atoms with Gasteiger partial charge < -0.3 is 0 Å². The van der Waals surface area contributed by atoms with Crippen molar-refractivity contribution in [3.05, 3.63) is 43.8 Å². The van der Waals surface area contributed by atoms with Gasteiger partial charge in [0.2, 0.25) is 0 Å². The second-order valence-corrected chi connectivity index (χ2v) is 17.9. The lowest BCUT2D eigenvalue weighted by molar-refractivity contribution is 0.544. The minimum Gasteiger partial charge on any atom is -0.142 e. The quantitative estimate of drug-likeness (QED) is 0.0489. The van der Waals surface area contributed by atoms with E-state index in [1.807, 2.05) is 0 Å². The largest absolute Gasteiger partial charge is 0.142 e. The third-order valence-electron chi connectivity index (χ3n) is 8.66. The van der Waals surface area contributed by atoms with E-state index in [2.05, 4.69) is 36.7 Å². The second-order valence-electron chi connectivity index (χ2n) is 12.6. The highest BCUT2D eigenvalue weighted by Crippen LogP contribution is 2.36. The van der Waals surface area contributed by atoms with Gasteiger partial charge in [0, 0.05) is 0 Å². The van der Waals surface area contributed by atoms with Crippen molar-refractivity contribution in [1.29, 1.82) is 0 Å². The van der Waals surface area contributed by atoms with Crippen LogP contribution in [0.25, 0.3) is 0 Å². The molecule has 0 spiro atoms. The predicted octanol–water partition coefficient (Wildman–Crippen LogP) is 15.7. The maximum Gasteiger partial charge on any atom is 0.0991 e. The minimum atomic E-state index is 1.00. The molecule has 0 aliphatic carbocycles. The van der Waals surface area contributed by atoms with Crippen LogP contribution in [0.15, 0.2) is 22.9 Å². The monoisotopic (exact) mass is 710 g/mol. The van der Waals surface area contributed by atoms with Gasteiger partial charge in [-0.25, -0.2) is 0 Å². The van der Waals surface area contributed by atoms with Crippen molar-refractivity contribution in [2.75, 3.05) is 0 Å². The zero-order valence-corrected chi connectivity index (χ0v) is 33.0. The van der Waals surface area contributed by atoms with Crippen LogP contribution in [-0.2, 0) is 12.8 Å². The van der Waals surface area contributed by atoms with Gasteiger partial charge in [0.1, 0.15) is 0 Å². The van der Waals surface area contributed by atoms with Crippen LogP contribution in [0.4, 0.5) is 0 Å². The SMILES string of the molecule is CCCCCCCCCCCCCCc1ccsc1C(=S)SSC(=S)c1sccc1CCCCCCCCCCCCCC. The summed E-state index contributed by atoms with van der Waals surface area (Å²) >= 11 is 15.4. The summed E-state index contributed by atoms with van der Waals surface area (Å²) in [5.41, 5.74) is 2.88. The number of hydrogen-bond acceptors (Lipinski definition) is 6. The van der Waals surface area contributed by atoms with E-state index in [1.165, 1.54) is 175 Å². The maximum atomic E-state index is 5.89. The molecule has 250 valence electrons. The van der Waals surface area contributed by atoms with Crippen molar-refractivity contribution >= 4 is 77.1 Å². The van der Waals surface area contributed by atoms with Crippen LogP contribution >= 0.6 is 68.7 Å². The molecule has 0 fully saturated rings. The molecule has 2 rings (SSSR count). The normalized spacial score (nSPS) is 11.4. The van der Waals surface area contributed by atoms with Crippen molar-refractivity contribution < 1.29 is 0 Å². The van der Waals surface area contributed by atoms with Gasteiger partial charge in [0.25, 0.3) is 0 Å². The van der Waals surface area contributed by atoms with Crippen LogP contribution in [0.1, 0.15) is 189 Å². The lowest BCUT2D eigenvalue weighted by atomic mass is 10.0. The summed E-state index contributed by atoms with van der Waals surface area (Å²) in [5, 5.41) is 4.43. The molecule has 0 aliphatic rings. The first-order valence-corrected chi connectivity index (χ1v) is 23.0. The Hall–Kier alpha value is 0.280. The molecule has 0 N–H and O–H groups in total. The molecular formula is C38H62S6. The summed E-state index contributed by atoms with van der Waals surface area (Å²) in [6.45, 7) is 4.59. The molecule has 2 aromatic rings. The van der Waals surface area contributed by atoms with E-state index >= 15 is 0 Å². The van der Waals surface area contributed by atoms with E-state index in [9.17, 15) is 0 Å². The lowest BCUT2D eigenvalue weighted by Gasteiger charge is -2.08. The van der Waals surface area contributed by atoms with Gasteiger partial charge in [-0.2, -0.15) is 0 Å². The van der Waals surface area contributed by atoms with Crippen molar-refractivity contribution in [2.24, 2.45) is 0 Å². The van der Waals surface area contributed by atoms with E-state index in [4.69, 9.17) is 24.4 Å². The maximum absolute atomic E-state index is 5.89. The highest BCUT2D eigenvalue weighted by molar-refractivity contribution is 8.90. The molecule has 6 heteroatoms. The first-order valence-electron chi connectivity index (χ1n) is 18.2. The smallest absolute Gasteiger partial charge is 0.0991 e. The van der Waals surface area contributed by atoms with Gasteiger partial charge in [-0.05, 0) is 81.3 Å². The minimum absolute atomic E-state index is 1.00. The van der Waals surface area contributed by atoms with E-state index in [0.717, 1.165) is 21.2 Å². The number of thiophene rings is 2. The average Bonchev–Trinajstić information content (AvgIpc) is 3.71. The Balaban J connectivity index is 1.55. The Morgan fingerprint density at radius 1 is 0.455 bits per heavy atom. The third-order valence-corrected chi connectivity index (χ3v) is 14.7. The van der Waals surface area contributed by atoms with E-state index in [-0.39, 0.29) is 0 Å². The molecule has 0 aliphatic heterocycles. The van der Waals surface area contributed by atoms with Crippen molar-refractivity contribution in [3.63, 3.8) is 0 Å². The zero-order chi connectivity index (χ0) is 31.5. The summed E-state index contributed by atoms with van der Waals surface area (Å²) in [6, 6.07) is 4.58. The zero-order valence-electron chi connectivity index (χ0n) is 28.1. The Morgan fingerprint density at radius 2 is 0.727 bits per heavy atom. The number of hydrogen-bond donors (Lipinski definition) is 0. The van der Waals surface area contributed by atoms with E-state index in [1.54, 1.807) is 44.3 Å². The Morgan fingerprint density at radius 3 is 1.02 bits per heavy atom. The first kappa shape index (κ1) is 40.5.